The van der Waals surface area contributed by atoms with Crippen LogP contribution in [0, 0.1) is 0 Å². The number of hydrogen-bond donors (Lipinski definition) is 0. The number of fused-ring (bicyclic) bond motifs is 1. The molecule has 0 saturated carbocycles. The van der Waals surface area contributed by atoms with E-state index in [1.807, 2.05) is 25.3 Å². The summed E-state index contributed by atoms with van der Waals surface area (Å²) >= 11 is 12.0. The summed E-state index contributed by atoms with van der Waals surface area (Å²) in [6.07, 6.45) is 3.15. The Morgan fingerprint density at radius 1 is 1.33 bits per heavy atom. The Hall–Kier alpha value is -1.60. The lowest BCUT2D eigenvalue weighted by molar-refractivity contribution is 0.0174. The largest absolute Gasteiger partial charge is 0.444 e. The highest BCUT2D eigenvalue weighted by Crippen LogP contribution is 2.28. The highest BCUT2D eigenvalue weighted by atomic mass is 35.5. The molecule has 1 atom stereocenters. The van der Waals surface area contributed by atoms with Crippen molar-refractivity contribution in [3.05, 3.63) is 16.8 Å². The van der Waals surface area contributed by atoms with Crippen LogP contribution in [0.25, 0.3) is 11.2 Å². The van der Waals surface area contributed by atoms with Crippen LogP contribution >= 0.6 is 23.2 Å². The van der Waals surface area contributed by atoms with Crippen molar-refractivity contribution in [1.82, 2.24) is 24.4 Å². The molecule has 1 aliphatic rings. The zero-order valence-corrected chi connectivity index (χ0v) is 15.3. The number of ether oxygens (including phenoxy) is 1. The molecule has 1 aliphatic heterocycles. The fourth-order valence-corrected chi connectivity index (χ4v) is 3.22. The summed E-state index contributed by atoms with van der Waals surface area (Å²) in [5.41, 5.74) is 0.575. The number of halogens is 2. The van der Waals surface area contributed by atoms with Crippen LogP contribution in [0.1, 0.15) is 39.7 Å². The van der Waals surface area contributed by atoms with Crippen LogP contribution in [-0.2, 0) is 4.74 Å². The van der Waals surface area contributed by atoms with Gasteiger partial charge >= 0.3 is 6.09 Å². The third-order valence-corrected chi connectivity index (χ3v) is 4.23. The summed E-state index contributed by atoms with van der Waals surface area (Å²) in [5.74, 6) is 0. The van der Waals surface area contributed by atoms with Gasteiger partial charge in [0.05, 0.1) is 12.4 Å². The number of piperidine rings is 1. The standard InChI is InChI=1S/C15H19Cl2N5O2/c1-15(2,3)24-14(23)21-6-4-5-9(7-21)22-8-18-10-11(16)19-13(17)20-12(10)22/h8-9H,4-7H2,1-3H3/t9-/m0/s1. The maximum absolute atomic E-state index is 12.3. The quantitative estimate of drug-likeness (QED) is 0.564. The van der Waals surface area contributed by atoms with E-state index in [2.05, 4.69) is 15.0 Å². The number of carbonyl (C=O) groups is 1. The van der Waals surface area contributed by atoms with Gasteiger partial charge in [-0.05, 0) is 45.2 Å². The van der Waals surface area contributed by atoms with Gasteiger partial charge in [-0.2, -0.15) is 4.98 Å². The molecule has 1 fully saturated rings. The first-order chi connectivity index (χ1) is 11.2. The Balaban J connectivity index is 1.84. The van der Waals surface area contributed by atoms with Crippen LogP contribution in [0.2, 0.25) is 10.4 Å². The predicted molar refractivity (Wildman–Crippen MR) is 91.4 cm³/mol. The van der Waals surface area contributed by atoms with Gasteiger partial charge in [-0.25, -0.2) is 14.8 Å². The van der Waals surface area contributed by atoms with Gasteiger partial charge in [-0.3, -0.25) is 0 Å². The van der Waals surface area contributed by atoms with Crippen molar-refractivity contribution < 1.29 is 9.53 Å². The molecule has 1 saturated heterocycles. The molecule has 3 heterocycles. The minimum absolute atomic E-state index is 0.0401. The molecule has 0 aromatic carbocycles. The zero-order chi connectivity index (χ0) is 17.5. The Morgan fingerprint density at radius 3 is 2.79 bits per heavy atom. The molecule has 3 rings (SSSR count). The molecule has 9 heteroatoms. The van der Waals surface area contributed by atoms with E-state index in [1.165, 1.54) is 0 Å². The summed E-state index contributed by atoms with van der Waals surface area (Å²) < 4.78 is 7.37. The Kier molecular flexibility index (Phi) is 4.57. The number of nitrogens with zero attached hydrogens (tertiary/aromatic N) is 5. The summed E-state index contributed by atoms with van der Waals surface area (Å²) in [7, 11) is 0. The molecule has 0 unspecified atom stereocenters. The molecule has 0 aliphatic carbocycles. The Morgan fingerprint density at radius 2 is 2.08 bits per heavy atom. The molecule has 7 nitrogen and oxygen atoms in total. The number of rotatable bonds is 1. The Labute approximate surface area is 149 Å². The van der Waals surface area contributed by atoms with E-state index in [4.69, 9.17) is 27.9 Å². The normalized spacial score (nSPS) is 18.9. The van der Waals surface area contributed by atoms with Gasteiger partial charge in [0.2, 0.25) is 5.28 Å². The first-order valence-electron chi connectivity index (χ1n) is 7.78. The molecule has 0 radical (unpaired) electrons. The fourth-order valence-electron chi connectivity index (χ4n) is 2.80. The molecule has 1 amide bonds. The van der Waals surface area contributed by atoms with Gasteiger partial charge in [-0.15, -0.1) is 0 Å². The second kappa shape index (κ2) is 6.37. The lowest BCUT2D eigenvalue weighted by Crippen LogP contribution is -2.43. The van der Waals surface area contributed by atoms with Crippen LogP contribution in [0.5, 0.6) is 0 Å². The van der Waals surface area contributed by atoms with Crippen molar-refractivity contribution in [1.29, 1.82) is 0 Å². The molecular formula is C15H19Cl2N5O2. The fraction of sp³-hybridized carbons (Fsp3) is 0.600. The number of hydrogen-bond acceptors (Lipinski definition) is 5. The van der Waals surface area contributed by atoms with Gasteiger partial charge in [0.25, 0.3) is 0 Å². The van der Waals surface area contributed by atoms with Crippen molar-refractivity contribution >= 4 is 40.5 Å². The average Bonchev–Trinajstić information content (AvgIpc) is 2.89. The van der Waals surface area contributed by atoms with Crippen molar-refractivity contribution in [2.75, 3.05) is 13.1 Å². The van der Waals surface area contributed by atoms with E-state index in [1.54, 1.807) is 11.2 Å². The summed E-state index contributed by atoms with van der Waals surface area (Å²) in [6.45, 7) is 6.78. The smallest absolute Gasteiger partial charge is 0.410 e. The molecule has 2 aromatic heterocycles. The maximum atomic E-state index is 12.3. The maximum Gasteiger partial charge on any atom is 0.410 e. The first-order valence-corrected chi connectivity index (χ1v) is 8.54. The van der Waals surface area contributed by atoms with Gasteiger partial charge < -0.3 is 14.2 Å². The van der Waals surface area contributed by atoms with E-state index >= 15 is 0 Å². The second-order valence-corrected chi connectivity index (χ2v) is 7.53. The van der Waals surface area contributed by atoms with Crippen molar-refractivity contribution in [3.8, 4) is 0 Å². The average molecular weight is 372 g/mol. The van der Waals surface area contributed by atoms with Gasteiger partial charge in [-0.1, -0.05) is 11.6 Å². The molecule has 0 N–H and O–H groups in total. The zero-order valence-electron chi connectivity index (χ0n) is 13.8. The molecular weight excluding hydrogens is 353 g/mol. The van der Waals surface area contributed by atoms with E-state index in [0.29, 0.717) is 24.3 Å². The van der Waals surface area contributed by atoms with Crippen molar-refractivity contribution in [3.63, 3.8) is 0 Å². The van der Waals surface area contributed by atoms with Crippen LogP contribution in [0.4, 0.5) is 4.79 Å². The SMILES string of the molecule is CC(C)(C)OC(=O)N1CCC[C@H](n2cnc3c(Cl)nc(Cl)nc32)C1. The first kappa shape index (κ1) is 17.2. The van der Waals surface area contributed by atoms with E-state index < -0.39 is 5.60 Å². The lowest BCUT2D eigenvalue weighted by Gasteiger charge is -2.34. The Bertz CT molecular complexity index is 771. The minimum Gasteiger partial charge on any atom is -0.444 e. The van der Waals surface area contributed by atoms with Gasteiger partial charge in [0.15, 0.2) is 10.8 Å². The minimum atomic E-state index is -0.514. The van der Waals surface area contributed by atoms with Crippen LogP contribution < -0.4 is 0 Å². The molecule has 0 spiro atoms. The number of aromatic nitrogens is 4. The van der Waals surface area contributed by atoms with Crippen molar-refractivity contribution in [2.45, 2.75) is 45.3 Å². The highest BCUT2D eigenvalue weighted by Gasteiger charge is 2.29. The van der Waals surface area contributed by atoms with Crippen LogP contribution in [-0.4, -0.2) is 49.2 Å². The number of carbonyl (C=O) groups excluding carboxylic acids is 1. The lowest BCUT2D eigenvalue weighted by atomic mass is 10.1. The summed E-state index contributed by atoms with van der Waals surface area (Å²) in [5, 5.41) is 0.303. The predicted octanol–water partition coefficient (Wildman–Crippen LogP) is 3.71. The summed E-state index contributed by atoms with van der Waals surface area (Å²) in [4.78, 5) is 26.4. The van der Waals surface area contributed by atoms with Crippen LogP contribution in [0.15, 0.2) is 6.33 Å². The van der Waals surface area contributed by atoms with E-state index in [9.17, 15) is 4.79 Å². The molecule has 24 heavy (non-hydrogen) atoms. The molecule has 2 aromatic rings. The highest BCUT2D eigenvalue weighted by molar-refractivity contribution is 6.35. The molecule has 0 bridgehead atoms. The van der Waals surface area contributed by atoms with Crippen LogP contribution in [0.3, 0.4) is 0 Å². The third-order valence-electron chi connectivity index (χ3n) is 3.79. The number of imidazole rings is 1. The van der Waals surface area contributed by atoms with Crippen molar-refractivity contribution in [2.24, 2.45) is 0 Å². The van der Waals surface area contributed by atoms with E-state index in [-0.39, 0.29) is 22.6 Å². The van der Waals surface area contributed by atoms with E-state index in [0.717, 1.165) is 12.8 Å². The number of likely N-dealkylation sites (tertiary alicyclic amines) is 1. The third kappa shape index (κ3) is 3.57. The number of amides is 1. The van der Waals surface area contributed by atoms with Gasteiger partial charge in [0.1, 0.15) is 11.1 Å². The molecule has 130 valence electrons. The summed E-state index contributed by atoms with van der Waals surface area (Å²) in [6, 6.07) is 0.0401. The second-order valence-electron chi connectivity index (χ2n) is 6.83. The monoisotopic (exact) mass is 371 g/mol. The topological polar surface area (TPSA) is 73.1 Å². The van der Waals surface area contributed by atoms with Gasteiger partial charge in [0, 0.05) is 13.1 Å².